The molecule has 0 spiro atoms. The van der Waals surface area contributed by atoms with Crippen molar-refractivity contribution in [3.8, 4) is 17.2 Å². The Hall–Kier alpha value is -2.74. The molecule has 162 valence electrons. The Balaban J connectivity index is 2.00. The molecule has 0 aromatic heterocycles. The Kier molecular flexibility index (Phi) is 6.55. The van der Waals surface area contributed by atoms with Crippen LogP contribution in [-0.2, 0) is 16.4 Å². The first-order valence-corrected chi connectivity index (χ1v) is 11.5. The Morgan fingerprint density at radius 3 is 2.23 bits per heavy atom. The molecule has 1 atom stereocenters. The molecule has 1 heterocycles. The highest BCUT2D eigenvalue weighted by Gasteiger charge is 2.35. The maximum Gasteiger partial charge on any atom is 0.254 e. The lowest BCUT2D eigenvalue weighted by Gasteiger charge is -2.29. The quantitative estimate of drug-likeness (QED) is 0.668. The van der Waals surface area contributed by atoms with Gasteiger partial charge < -0.3 is 19.1 Å². The third-order valence-electron chi connectivity index (χ3n) is 5.25. The van der Waals surface area contributed by atoms with Crippen LogP contribution in [0.5, 0.6) is 17.2 Å². The molecule has 30 heavy (non-hydrogen) atoms. The number of carbonyl (C=O) groups excluding carboxylic acids is 1. The molecule has 7 nitrogen and oxygen atoms in total. The van der Waals surface area contributed by atoms with Gasteiger partial charge in [0, 0.05) is 18.2 Å². The maximum atomic E-state index is 13.4. The molecule has 1 amide bonds. The Morgan fingerprint density at radius 1 is 1.07 bits per heavy atom. The molecule has 0 N–H and O–H groups in total. The third-order valence-corrected chi connectivity index (χ3v) is 7.00. The molecule has 3 rings (SSSR count). The average molecular weight is 434 g/mol. The number of benzene rings is 2. The SMILES string of the molecule is COc1cc(CN(C(=O)c2cccc(C)c2)[C@@H]2CCS(=O)(=O)C2)cc(OC)c1OC. The topological polar surface area (TPSA) is 82.1 Å². The van der Waals surface area contributed by atoms with Crippen LogP contribution in [0.1, 0.15) is 27.9 Å². The first-order valence-electron chi connectivity index (χ1n) is 9.65. The van der Waals surface area contributed by atoms with Crippen molar-refractivity contribution in [1.82, 2.24) is 4.90 Å². The number of hydrogen-bond acceptors (Lipinski definition) is 6. The monoisotopic (exact) mass is 433 g/mol. The molecule has 0 unspecified atom stereocenters. The van der Waals surface area contributed by atoms with Crippen LogP contribution in [0.15, 0.2) is 36.4 Å². The number of sulfone groups is 1. The van der Waals surface area contributed by atoms with E-state index in [9.17, 15) is 13.2 Å². The van der Waals surface area contributed by atoms with Crippen molar-refractivity contribution in [3.05, 3.63) is 53.1 Å². The molecule has 1 fully saturated rings. The Bertz CT molecular complexity index is 1010. The highest BCUT2D eigenvalue weighted by atomic mass is 32.2. The molecule has 0 radical (unpaired) electrons. The second-order valence-electron chi connectivity index (χ2n) is 7.39. The van der Waals surface area contributed by atoms with Gasteiger partial charge in [0.2, 0.25) is 5.75 Å². The van der Waals surface area contributed by atoms with Gasteiger partial charge in [0.1, 0.15) is 0 Å². The lowest BCUT2D eigenvalue weighted by Crippen LogP contribution is -2.40. The zero-order valence-electron chi connectivity index (χ0n) is 17.7. The average Bonchev–Trinajstić information content (AvgIpc) is 3.09. The van der Waals surface area contributed by atoms with E-state index in [0.717, 1.165) is 11.1 Å². The van der Waals surface area contributed by atoms with Gasteiger partial charge in [0.15, 0.2) is 21.3 Å². The van der Waals surface area contributed by atoms with Crippen LogP contribution >= 0.6 is 0 Å². The van der Waals surface area contributed by atoms with Crippen LogP contribution in [0, 0.1) is 6.92 Å². The van der Waals surface area contributed by atoms with E-state index in [4.69, 9.17) is 14.2 Å². The number of hydrogen-bond donors (Lipinski definition) is 0. The summed E-state index contributed by atoms with van der Waals surface area (Å²) in [4.78, 5) is 15.0. The van der Waals surface area contributed by atoms with Crippen LogP contribution in [0.3, 0.4) is 0 Å². The van der Waals surface area contributed by atoms with Crippen molar-refractivity contribution < 1.29 is 27.4 Å². The summed E-state index contributed by atoms with van der Waals surface area (Å²) in [6.45, 7) is 2.14. The number of amides is 1. The normalized spacial score (nSPS) is 17.4. The highest BCUT2D eigenvalue weighted by molar-refractivity contribution is 7.91. The molecule has 1 aliphatic rings. The molecular weight excluding hydrogens is 406 g/mol. The molecule has 2 aromatic rings. The largest absolute Gasteiger partial charge is 0.493 e. The molecule has 2 aromatic carbocycles. The standard InChI is InChI=1S/C22H27NO6S/c1-15-6-5-7-17(10-15)22(24)23(18-8-9-30(25,26)14-18)13-16-11-19(27-2)21(29-4)20(12-16)28-3/h5-7,10-12,18H,8-9,13-14H2,1-4H3/t18-/m1/s1. The zero-order valence-corrected chi connectivity index (χ0v) is 18.5. The van der Waals surface area contributed by atoms with E-state index in [1.807, 2.05) is 25.1 Å². The number of methoxy groups -OCH3 is 3. The van der Waals surface area contributed by atoms with E-state index in [2.05, 4.69) is 0 Å². The first kappa shape index (κ1) is 22.0. The smallest absolute Gasteiger partial charge is 0.254 e. The second-order valence-corrected chi connectivity index (χ2v) is 9.62. The highest BCUT2D eigenvalue weighted by Crippen LogP contribution is 2.39. The minimum atomic E-state index is -3.16. The number of aryl methyl sites for hydroxylation is 1. The van der Waals surface area contributed by atoms with E-state index >= 15 is 0 Å². The van der Waals surface area contributed by atoms with Crippen molar-refractivity contribution in [2.75, 3.05) is 32.8 Å². The van der Waals surface area contributed by atoms with Crippen molar-refractivity contribution in [2.24, 2.45) is 0 Å². The minimum absolute atomic E-state index is 0.0328. The predicted octanol–water partition coefficient (Wildman–Crippen LogP) is 2.85. The van der Waals surface area contributed by atoms with E-state index in [0.29, 0.717) is 29.2 Å². The molecule has 0 aliphatic carbocycles. The number of rotatable bonds is 7. The summed E-state index contributed by atoms with van der Waals surface area (Å²) in [6.07, 6.45) is 0.421. The van der Waals surface area contributed by atoms with Gasteiger partial charge in [-0.2, -0.15) is 0 Å². The fourth-order valence-electron chi connectivity index (χ4n) is 3.76. The van der Waals surface area contributed by atoms with Gasteiger partial charge in [-0.3, -0.25) is 4.79 Å². The Morgan fingerprint density at radius 2 is 1.73 bits per heavy atom. The van der Waals surface area contributed by atoms with Crippen molar-refractivity contribution in [2.45, 2.75) is 25.9 Å². The van der Waals surface area contributed by atoms with E-state index in [1.165, 1.54) is 21.3 Å². The lowest BCUT2D eigenvalue weighted by atomic mass is 10.1. The van der Waals surface area contributed by atoms with Gasteiger partial charge in [-0.25, -0.2) is 8.42 Å². The first-order chi connectivity index (χ1) is 14.3. The number of carbonyl (C=O) groups is 1. The van der Waals surface area contributed by atoms with Crippen LogP contribution < -0.4 is 14.2 Å². The minimum Gasteiger partial charge on any atom is -0.493 e. The fourth-order valence-corrected chi connectivity index (χ4v) is 5.49. The summed E-state index contributed by atoms with van der Waals surface area (Å²) >= 11 is 0. The summed E-state index contributed by atoms with van der Waals surface area (Å²) in [5.41, 5.74) is 2.26. The van der Waals surface area contributed by atoms with E-state index < -0.39 is 9.84 Å². The molecule has 8 heteroatoms. The third kappa shape index (κ3) is 4.70. The van der Waals surface area contributed by atoms with E-state index in [-0.39, 0.29) is 30.0 Å². The van der Waals surface area contributed by atoms with Crippen LogP contribution in [0.25, 0.3) is 0 Å². The number of ether oxygens (including phenoxy) is 3. The lowest BCUT2D eigenvalue weighted by molar-refractivity contribution is 0.0680. The maximum absolute atomic E-state index is 13.4. The molecule has 0 bridgehead atoms. The van der Waals surface area contributed by atoms with Gasteiger partial charge in [0.25, 0.3) is 5.91 Å². The molecule has 1 saturated heterocycles. The van der Waals surface area contributed by atoms with E-state index in [1.54, 1.807) is 23.1 Å². The van der Waals surface area contributed by atoms with Gasteiger partial charge in [-0.15, -0.1) is 0 Å². The summed E-state index contributed by atoms with van der Waals surface area (Å²) in [6, 6.07) is 10.5. The van der Waals surface area contributed by atoms with Gasteiger partial charge in [-0.05, 0) is 43.2 Å². The van der Waals surface area contributed by atoms with Gasteiger partial charge >= 0.3 is 0 Å². The second kappa shape index (κ2) is 8.95. The molecule has 0 saturated carbocycles. The van der Waals surface area contributed by atoms with Crippen LogP contribution in [-0.4, -0.2) is 58.1 Å². The summed E-state index contributed by atoms with van der Waals surface area (Å²) < 4.78 is 40.4. The summed E-state index contributed by atoms with van der Waals surface area (Å²) in [5, 5.41) is 0. The predicted molar refractivity (Wildman–Crippen MR) is 114 cm³/mol. The van der Waals surface area contributed by atoms with Crippen molar-refractivity contribution >= 4 is 15.7 Å². The molecular formula is C22H27NO6S. The van der Waals surface area contributed by atoms with Crippen molar-refractivity contribution in [3.63, 3.8) is 0 Å². The number of nitrogens with zero attached hydrogens (tertiary/aromatic N) is 1. The fraction of sp³-hybridized carbons (Fsp3) is 0.409. The van der Waals surface area contributed by atoms with Crippen molar-refractivity contribution in [1.29, 1.82) is 0 Å². The zero-order chi connectivity index (χ0) is 21.9. The van der Waals surface area contributed by atoms with Crippen LogP contribution in [0.4, 0.5) is 0 Å². The van der Waals surface area contributed by atoms with Crippen LogP contribution in [0.2, 0.25) is 0 Å². The Labute approximate surface area is 177 Å². The van der Waals surface area contributed by atoms with Gasteiger partial charge in [0.05, 0.1) is 32.8 Å². The molecule has 1 aliphatic heterocycles. The van der Waals surface area contributed by atoms with Gasteiger partial charge in [-0.1, -0.05) is 17.7 Å². The summed E-state index contributed by atoms with van der Waals surface area (Å²) in [5.74, 6) is 1.28. The summed E-state index contributed by atoms with van der Waals surface area (Å²) in [7, 11) is 1.42.